The lowest BCUT2D eigenvalue weighted by atomic mass is 9.92. The van der Waals surface area contributed by atoms with E-state index in [1.165, 1.54) is 11.3 Å². The summed E-state index contributed by atoms with van der Waals surface area (Å²) in [5.74, 6) is -0.0764. The summed E-state index contributed by atoms with van der Waals surface area (Å²) in [7, 11) is 3.44. The van der Waals surface area contributed by atoms with Gasteiger partial charge in [-0.3, -0.25) is 19.6 Å². The molecule has 1 fully saturated rings. The molecule has 8 nitrogen and oxygen atoms in total. The summed E-state index contributed by atoms with van der Waals surface area (Å²) in [6, 6.07) is 2.18. The fraction of sp³-hybridized carbons (Fsp3) is 0.500. The summed E-state index contributed by atoms with van der Waals surface area (Å²) in [6.45, 7) is 5.59. The van der Waals surface area contributed by atoms with Gasteiger partial charge in [-0.1, -0.05) is 0 Å². The number of nitrogens with zero attached hydrogens (tertiary/aromatic N) is 4. The van der Waals surface area contributed by atoms with Crippen molar-refractivity contribution in [1.82, 2.24) is 20.0 Å². The Morgan fingerprint density at radius 2 is 2.21 bits per heavy atom. The SMILES string of the molecule is Cc1sc(NC(=O)CN2CCC[C@@H](c3[nH]ncc3C(=O)N(C)C)C2)c(C#N)c1C. The summed E-state index contributed by atoms with van der Waals surface area (Å²) >= 11 is 1.43. The maximum absolute atomic E-state index is 12.6. The van der Waals surface area contributed by atoms with Gasteiger partial charge in [0.05, 0.1) is 29.6 Å². The maximum atomic E-state index is 12.6. The summed E-state index contributed by atoms with van der Waals surface area (Å²) in [4.78, 5) is 29.6. The molecular weight excluding hydrogens is 388 g/mol. The number of rotatable bonds is 5. The number of nitrogens with one attached hydrogen (secondary N) is 2. The number of hydrogen-bond acceptors (Lipinski definition) is 6. The Balaban J connectivity index is 1.66. The molecule has 29 heavy (non-hydrogen) atoms. The van der Waals surface area contributed by atoms with Crippen LogP contribution in [-0.2, 0) is 4.79 Å². The smallest absolute Gasteiger partial charge is 0.256 e. The Kier molecular flexibility index (Phi) is 6.35. The average molecular weight is 415 g/mol. The van der Waals surface area contributed by atoms with Gasteiger partial charge in [0.2, 0.25) is 5.91 Å². The topological polar surface area (TPSA) is 105 Å². The lowest BCUT2D eigenvalue weighted by Crippen LogP contribution is -2.40. The van der Waals surface area contributed by atoms with E-state index in [0.29, 0.717) is 22.7 Å². The highest BCUT2D eigenvalue weighted by molar-refractivity contribution is 7.16. The van der Waals surface area contributed by atoms with Gasteiger partial charge >= 0.3 is 0 Å². The third kappa shape index (κ3) is 4.49. The zero-order valence-corrected chi connectivity index (χ0v) is 18.0. The van der Waals surface area contributed by atoms with Gasteiger partial charge < -0.3 is 10.2 Å². The number of nitriles is 1. The normalized spacial score (nSPS) is 17.0. The van der Waals surface area contributed by atoms with Crippen molar-refractivity contribution >= 4 is 28.2 Å². The van der Waals surface area contributed by atoms with Crippen molar-refractivity contribution in [1.29, 1.82) is 5.26 Å². The minimum Gasteiger partial charge on any atom is -0.345 e. The van der Waals surface area contributed by atoms with Crippen LogP contribution in [0.5, 0.6) is 0 Å². The second kappa shape index (κ2) is 8.76. The predicted octanol–water partition coefficient (Wildman–Crippen LogP) is 2.48. The second-order valence-corrected chi connectivity index (χ2v) is 8.84. The highest BCUT2D eigenvalue weighted by Crippen LogP contribution is 2.32. The third-order valence-corrected chi connectivity index (χ3v) is 6.46. The van der Waals surface area contributed by atoms with Crippen molar-refractivity contribution in [2.24, 2.45) is 0 Å². The van der Waals surface area contributed by atoms with Crippen molar-refractivity contribution in [2.75, 3.05) is 39.0 Å². The van der Waals surface area contributed by atoms with Crippen LogP contribution in [0.3, 0.4) is 0 Å². The number of aromatic nitrogens is 2. The molecule has 2 aromatic heterocycles. The zero-order valence-electron chi connectivity index (χ0n) is 17.2. The number of anilines is 1. The minimum absolute atomic E-state index is 0.0731. The maximum Gasteiger partial charge on any atom is 0.256 e. The van der Waals surface area contributed by atoms with Crippen LogP contribution in [0.15, 0.2) is 6.20 Å². The van der Waals surface area contributed by atoms with Crippen molar-refractivity contribution in [3.8, 4) is 6.07 Å². The molecule has 1 aliphatic heterocycles. The zero-order chi connectivity index (χ0) is 21.1. The number of hydrogen-bond donors (Lipinski definition) is 2. The molecule has 0 aromatic carbocycles. The van der Waals surface area contributed by atoms with E-state index in [1.54, 1.807) is 25.2 Å². The van der Waals surface area contributed by atoms with Crippen LogP contribution in [0, 0.1) is 25.2 Å². The second-order valence-electron chi connectivity index (χ2n) is 7.62. The van der Waals surface area contributed by atoms with Crippen LogP contribution in [0.4, 0.5) is 5.00 Å². The molecule has 3 heterocycles. The first kappa shape index (κ1) is 21.0. The van der Waals surface area contributed by atoms with Crippen molar-refractivity contribution in [3.05, 3.63) is 33.5 Å². The minimum atomic E-state index is -0.127. The molecule has 9 heteroatoms. The fourth-order valence-corrected chi connectivity index (χ4v) is 4.70. The molecule has 0 bridgehead atoms. The van der Waals surface area contributed by atoms with E-state index in [9.17, 15) is 14.9 Å². The van der Waals surface area contributed by atoms with Crippen LogP contribution in [-0.4, -0.2) is 65.5 Å². The average Bonchev–Trinajstić information content (AvgIpc) is 3.26. The van der Waals surface area contributed by atoms with E-state index < -0.39 is 0 Å². The van der Waals surface area contributed by atoms with Crippen molar-refractivity contribution in [3.63, 3.8) is 0 Å². The first-order valence-electron chi connectivity index (χ1n) is 9.59. The molecule has 0 spiro atoms. The number of piperidine rings is 1. The highest BCUT2D eigenvalue weighted by atomic mass is 32.1. The molecular formula is C20H26N6O2S. The largest absolute Gasteiger partial charge is 0.345 e. The molecule has 3 rings (SSSR count). The van der Waals surface area contributed by atoms with Gasteiger partial charge in [0, 0.05) is 31.4 Å². The molecule has 154 valence electrons. The van der Waals surface area contributed by atoms with Crippen LogP contribution in [0.2, 0.25) is 0 Å². The van der Waals surface area contributed by atoms with Gasteiger partial charge in [-0.15, -0.1) is 11.3 Å². The van der Waals surface area contributed by atoms with E-state index in [2.05, 4.69) is 26.5 Å². The number of thiophene rings is 1. The van der Waals surface area contributed by atoms with Gasteiger partial charge in [-0.05, 0) is 38.8 Å². The van der Waals surface area contributed by atoms with E-state index in [0.717, 1.165) is 35.5 Å². The first-order valence-corrected chi connectivity index (χ1v) is 10.4. The third-order valence-electron chi connectivity index (χ3n) is 5.34. The monoisotopic (exact) mass is 414 g/mol. The molecule has 2 amide bonds. The van der Waals surface area contributed by atoms with Gasteiger partial charge in [-0.2, -0.15) is 10.4 Å². The fourth-order valence-electron chi connectivity index (χ4n) is 3.67. The van der Waals surface area contributed by atoms with Gasteiger partial charge in [0.15, 0.2) is 0 Å². The molecule has 2 N–H and O–H groups in total. The van der Waals surface area contributed by atoms with Crippen LogP contribution >= 0.6 is 11.3 Å². The molecule has 0 aliphatic carbocycles. The van der Waals surface area contributed by atoms with Crippen LogP contribution < -0.4 is 5.32 Å². The molecule has 1 aliphatic rings. The summed E-state index contributed by atoms with van der Waals surface area (Å²) in [5.41, 5.74) is 2.89. The molecule has 1 saturated heterocycles. The van der Waals surface area contributed by atoms with Crippen LogP contribution in [0.1, 0.15) is 50.8 Å². The highest BCUT2D eigenvalue weighted by Gasteiger charge is 2.28. The summed E-state index contributed by atoms with van der Waals surface area (Å²) in [5, 5.41) is 19.9. The molecule has 0 unspecified atom stereocenters. The van der Waals surface area contributed by atoms with E-state index >= 15 is 0 Å². The first-order chi connectivity index (χ1) is 13.8. The molecule has 1 atom stereocenters. The molecule has 0 saturated carbocycles. The Hall–Kier alpha value is -2.70. The quantitative estimate of drug-likeness (QED) is 0.782. The van der Waals surface area contributed by atoms with Crippen LogP contribution in [0.25, 0.3) is 0 Å². The van der Waals surface area contributed by atoms with Crippen molar-refractivity contribution in [2.45, 2.75) is 32.6 Å². The van der Waals surface area contributed by atoms with E-state index in [-0.39, 0.29) is 24.3 Å². The number of amides is 2. The molecule has 2 aromatic rings. The number of likely N-dealkylation sites (tertiary alicyclic amines) is 1. The van der Waals surface area contributed by atoms with E-state index in [1.807, 2.05) is 13.8 Å². The Morgan fingerprint density at radius 1 is 1.45 bits per heavy atom. The number of aromatic amines is 1. The van der Waals surface area contributed by atoms with Gasteiger partial charge in [0.25, 0.3) is 5.91 Å². The van der Waals surface area contributed by atoms with Gasteiger partial charge in [0.1, 0.15) is 11.1 Å². The lowest BCUT2D eigenvalue weighted by Gasteiger charge is -2.32. The Bertz CT molecular complexity index is 955. The Labute approximate surface area is 174 Å². The van der Waals surface area contributed by atoms with E-state index in [4.69, 9.17) is 0 Å². The molecule has 0 radical (unpaired) electrons. The number of carbonyl (C=O) groups excluding carboxylic acids is 2. The predicted molar refractivity (Wildman–Crippen MR) is 112 cm³/mol. The lowest BCUT2D eigenvalue weighted by molar-refractivity contribution is -0.117. The number of aryl methyl sites for hydroxylation is 1. The standard InChI is InChI=1S/C20H26N6O2S/c1-12-13(2)29-19(15(12)8-21)23-17(27)11-26-7-5-6-14(10-26)18-16(9-22-24-18)20(28)25(3)4/h9,14H,5-7,10-11H2,1-4H3,(H,22,24)(H,23,27)/t14-/m1/s1. The number of carbonyl (C=O) groups is 2. The summed E-state index contributed by atoms with van der Waals surface area (Å²) < 4.78 is 0. The Morgan fingerprint density at radius 3 is 2.90 bits per heavy atom. The number of H-pyrrole nitrogens is 1. The summed E-state index contributed by atoms with van der Waals surface area (Å²) in [6.07, 6.45) is 3.46. The van der Waals surface area contributed by atoms with Gasteiger partial charge in [-0.25, -0.2) is 0 Å². The van der Waals surface area contributed by atoms with Crippen molar-refractivity contribution < 1.29 is 9.59 Å².